The second-order valence-corrected chi connectivity index (χ2v) is 5.12. The van der Waals surface area contributed by atoms with Crippen LogP contribution >= 0.6 is 0 Å². The minimum absolute atomic E-state index is 0.0915. The quantitative estimate of drug-likeness (QED) is 0.744. The molecule has 1 aliphatic heterocycles. The van der Waals surface area contributed by atoms with Crippen molar-refractivity contribution in [3.05, 3.63) is 47.3 Å². The Bertz CT molecular complexity index is 936. The van der Waals surface area contributed by atoms with Crippen molar-refractivity contribution in [2.45, 2.75) is 6.54 Å². The Morgan fingerprint density at radius 1 is 1.22 bits per heavy atom. The molecule has 0 fully saturated rings. The molecule has 0 amide bonds. The molecule has 1 N–H and O–H groups in total. The molecule has 3 aromatic rings. The molecule has 1 aromatic carbocycles. The zero-order valence-electron chi connectivity index (χ0n) is 11.8. The van der Waals surface area contributed by atoms with Gasteiger partial charge < -0.3 is 23.6 Å². The fourth-order valence-corrected chi connectivity index (χ4v) is 2.69. The number of furan rings is 1. The van der Waals surface area contributed by atoms with E-state index < -0.39 is 5.97 Å². The van der Waals surface area contributed by atoms with E-state index in [4.69, 9.17) is 13.9 Å². The summed E-state index contributed by atoms with van der Waals surface area (Å²) in [6.07, 6.45) is 0.589. The zero-order valence-corrected chi connectivity index (χ0v) is 11.8. The minimum atomic E-state index is -1.07. The van der Waals surface area contributed by atoms with Gasteiger partial charge in [-0.3, -0.25) is 4.79 Å². The predicted octanol–water partition coefficient (Wildman–Crippen LogP) is 2.52. The van der Waals surface area contributed by atoms with Crippen LogP contribution in [0.25, 0.3) is 11.1 Å². The van der Waals surface area contributed by atoms with Crippen molar-refractivity contribution in [2.75, 3.05) is 6.79 Å². The number of aromatic carboxylic acids is 1. The summed E-state index contributed by atoms with van der Waals surface area (Å²) in [6, 6.07) is 8.37. The van der Waals surface area contributed by atoms with Gasteiger partial charge >= 0.3 is 5.97 Å². The van der Waals surface area contributed by atoms with E-state index in [1.54, 1.807) is 16.7 Å². The number of rotatable bonds is 4. The Balaban J connectivity index is 1.80. The number of carboxylic acids is 1. The van der Waals surface area contributed by atoms with Crippen molar-refractivity contribution in [1.82, 2.24) is 4.57 Å². The Kier molecular flexibility index (Phi) is 2.87. The molecule has 0 radical (unpaired) electrons. The number of carbonyl (C=O) groups is 2. The summed E-state index contributed by atoms with van der Waals surface area (Å²) in [5.74, 6) is 0.385. The summed E-state index contributed by atoms with van der Waals surface area (Å²) in [7, 11) is 0. The van der Waals surface area contributed by atoms with Crippen LogP contribution in [-0.2, 0) is 6.54 Å². The zero-order chi connectivity index (χ0) is 16.0. The molecule has 0 unspecified atom stereocenters. The summed E-state index contributed by atoms with van der Waals surface area (Å²) in [5, 5.41) is 9.37. The van der Waals surface area contributed by atoms with E-state index in [0.29, 0.717) is 35.4 Å². The van der Waals surface area contributed by atoms with Gasteiger partial charge in [-0.05, 0) is 17.7 Å². The molecule has 7 nitrogen and oxygen atoms in total. The largest absolute Gasteiger partial charge is 0.477 e. The van der Waals surface area contributed by atoms with Crippen LogP contribution < -0.4 is 9.47 Å². The molecule has 23 heavy (non-hydrogen) atoms. The van der Waals surface area contributed by atoms with E-state index in [1.807, 2.05) is 6.07 Å². The third-order valence-corrected chi connectivity index (χ3v) is 3.72. The van der Waals surface area contributed by atoms with Crippen LogP contribution in [0.3, 0.4) is 0 Å². The molecule has 116 valence electrons. The molecule has 0 atom stereocenters. The highest BCUT2D eigenvalue weighted by molar-refractivity contribution is 5.94. The van der Waals surface area contributed by atoms with E-state index in [0.717, 1.165) is 5.56 Å². The van der Waals surface area contributed by atoms with Crippen molar-refractivity contribution in [3.8, 4) is 11.5 Å². The number of hydrogen-bond acceptors (Lipinski definition) is 5. The van der Waals surface area contributed by atoms with Gasteiger partial charge in [0, 0.05) is 18.7 Å². The van der Waals surface area contributed by atoms with Gasteiger partial charge in [0.05, 0.1) is 5.52 Å². The van der Waals surface area contributed by atoms with Gasteiger partial charge in [-0.25, -0.2) is 4.79 Å². The van der Waals surface area contributed by atoms with Gasteiger partial charge in [0.25, 0.3) is 0 Å². The summed E-state index contributed by atoms with van der Waals surface area (Å²) in [6.45, 7) is 0.483. The molecular weight excluding hydrogens is 302 g/mol. The molecule has 1 aliphatic rings. The normalized spacial score (nSPS) is 12.7. The van der Waals surface area contributed by atoms with Gasteiger partial charge in [0.2, 0.25) is 6.79 Å². The number of ether oxygens (including phenoxy) is 2. The Hall–Kier alpha value is -3.22. The summed E-state index contributed by atoms with van der Waals surface area (Å²) < 4.78 is 17.5. The summed E-state index contributed by atoms with van der Waals surface area (Å²) >= 11 is 0. The first-order valence-corrected chi connectivity index (χ1v) is 6.86. The molecule has 4 rings (SSSR count). The topological polar surface area (TPSA) is 90.9 Å². The molecular formula is C16H11NO6. The number of aldehydes is 1. The lowest BCUT2D eigenvalue weighted by Crippen LogP contribution is -2.09. The first-order valence-electron chi connectivity index (χ1n) is 6.86. The molecule has 2 aromatic heterocycles. The van der Waals surface area contributed by atoms with Crippen LogP contribution in [0.4, 0.5) is 0 Å². The molecule has 0 saturated heterocycles. The van der Waals surface area contributed by atoms with Crippen LogP contribution in [0.2, 0.25) is 0 Å². The lowest BCUT2D eigenvalue weighted by Gasteiger charge is -2.08. The molecule has 0 spiro atoms. The smallest absolute Gasteiger partial charge is 0.352 e. The highest BCUT2D eigenvalue weighted by Gasteiger charge is 2.20. The third kappa shape index (κ3) is 2.13. The summed E-state index contributed by atoms with van der Waals surface area (Å²) in [5.41, 5.74) is 1.87. The van der Waals surface area contributed by atoms with Crippen molar-refractivity contribution >= 4 is 23.4 Å². The number of fused-ring (bicyclic) bond motifs is 2. The Morgan fingerprint density at radius 3 is 2.83 bits per heavy atom. The Labute approximate surface area is 129 Å². The average molecular weight is 313 g/mol. The molecule has 7 heteroatoms. The van der Waals surface area contributed by atoms with Crippen molar-refractivity contribution in [2.24, 2.45) is 0 Å². The third-order valence-electron chi connectivity index (χ3n) is 3.72. The van der Waals surface area contributed by atoms with Gasteiger partial charge in [-0.2, -0.15) is 0 Å². The van der Waals surface area contributed by atoms with Gasteiger partial charge in [-0.15, -0.1) is 0 Å². The number of carbonyl (C=O) groups excluding carboxylic acids is 1. The highest BCUT2D eigenvalue weighted by atomic mass is 16.7. The number of benzene rings is 1. The number of carboxylic acid groups (broad SMARTS) is 1. The predicted molar refractivity (Wildman–Crippen MR) is 78.2 cm³/mol. The molecule has 3 heterocycles. The maximum Gasteiger partial charge on any atom is 0.352 e. The number of nitrogens with zero attached hydrogens (tertiary/aromatic N) is 1. The number of hydrogen-bond donors (Lipinski definition) is 1. The van der Waals surface area contributed by atoms with E-state index in [9.17, 15) is 14.7 Å². The monoisotopic (exact) mass is 313 g/mol. The van der Waals surface area contributed by atoms with Gasteiger partial charge in [0.15, 0.2) is 29.1 Å². The first kappa shape index (κ1) is 13.4. The van der Waals surface area contributed by atoms with Crippen LogP contribution in [0, 0.1) is 0 Å². The van der Waals surface area contributed by atoms with Gasteiger partial charge in [-0.1, -0.05) is 6.07 Å². The van der Waals surface area contributed by atoms with Crippen LogP contribution in [0.5, 0.6) is 11.5 Å². The molecule has 0 bridgehead atoms. The van der Waals surface area contributed by atoms with Crippen molar-refractivity contribution < 1.29 is 28.6 Å². The lowest BCUT2D eigenvalue weighted by atomic mass is 10.2. The molecule has 0 aliphatic carbocycles. The van der Waals surface area contributed by atoms with E-state index >= 15 is 0 Å². The second-order valence-electron chi connectivity index (χ2n) is 5.12. The van der Waals surface area contributed by atoms with Crippen LogP contribution in [0.15, 0.2) is 34.7 Å². The maximum atomic E-state index is 11.4. The van der Waals surface area contributed by atoms with Crippen LogP contribution in [0.1, 0.15) is 26.6 Å². The van der Waals surface area contributed by atoms with Crippen molar-refractivity contribution in [1.29, 1.82) is 0 Å². The number of aromatic nitrogens is 1. The minimum Gasteiger partial charge on any atom is -0.477 e. The van der Waals surface area contributed by atoms with Crippen molar-refractivity contribution in [3.63, 3.8) is 0 Å². The fourth-order valence-electron chi connectivity index (χ4n) is 2.69. The van der Waals surface area contributed by atoms with E-state index in [2.05, 4.69) is 0 Å². The first-order chi connectivity index (χ1) is 11.2. The standard InChI is InChI=1S/C16H11NO6/c18-7-10-4-11-14(23-10)5-12(16(19)20)17(11)6-9-1-2-13-15(3-9)22-8-21-13/h1-5,7H,6,8H2,(H,19,20). The summed E-state index contributed by atoms with van der Waals surface area (Å²) in [4.78, 5) is 22.3. The second kappa shape index (κ2) is 4.91. The fraction of sp³-hybridized carbons (Fsp3) is 0.125. The van der Waals surface area contributed by atoms with E-state index in [1.165, 1.54) is 12.1 Å². The average Bonchev–Trinajstić information content (AvgIpc) is 3.21. The lowest BCUT2D eigenvalue weighted by molar-refractivity contribution is 0.0686. The van der Waals surface area contributed by atoms with Crippen LogP contribution in [-0.4, -0.2) is 28.7 Å². The molecule has 0 saturated carbocycles. The highest BCUT2D eigenvalue weighted by Crippen LogP contribution is 2.33. The maximum absolute atomic E-state index is 11.4. The van der Waals surface area contributed by atoms with E-state index in [-0.39, 0.29) is 18.2 Å². The Morgan fingerprint density at radius 2 is 2.04 bits per heavy atom. The van der Waals surface area contributed by atoms with Gasteiger partial charge in [0.1, 0.15) is 5.69 Å². The SMILES string of the molecule is O=Cc1cc2c(cc(C(=O)O)n2Cc2ccc3c(c2)OCO3)o1.